The molecular weight excluding hydrogens is 298 g/mol. The predicted octanol–water partition coefficient (Wildman–Crippen LogP) is 3.78. The Kier molecular flexibility index (Phi) is 7.73. The number of aromatic hydroxyl groups is 1. The minimum absolute atomic E-state index is 0.349. The Balaban J connectivity index is 2.16. The van der Waals surface area contributed by atoms with Gasteiger partial charge in [-0.05, 0) is 53.4 Å². The second-order valence-corrected chi connectivity index (χ2v) is 5.82. The average Bonchev–Trinajstić information content (AvgIpc) is 2.33. The van der Waals surface area contributed by atoms with E-state index < -0.39 is 0 Å². The van der Waals surface area contributed by atoms with Gasteiger partial charge in [-0.3, -0.25) is 0 Å². The highest BCUT2D eigenvalue weighted by Crippen LogP contribution is 2.27. The van der Waals surface area contributed by atoms with E-state index in [0.717, 1.165) is 23.1 Å². The SMILES string of the molecule is CSCCCCCNCc1cccc(Br)c1O. The van der Waals surface area contributed by atoms with E-state index in [9.17, 15) is 5.11 Å². The molecule has 0 aromatic heterocycles. The minimum Gasteiger partial charge on any atom is -0.506 e. The molecule has 0 amide bonds. The van der Waals surface area contributed by atoms with Crippen LogP contribution in [-0.4, -0.2) is 23.7 Å². The number of hydrogen-bond donors (Lipinski definition) is 2. The third-order valence-corrected chi connectivity index (χ3v) is 3.92. The molecule has 4 heteroatoms. The summed E-state index contributed by atoms with van der Waals surface area (Å²) in [5, 5.41) is 13.1. The number of unbranched alkanes of at least 4 members (excludes halogenated alkanes) is 2. The van der Waals surface area contributed by atoms with Crippen LogP contribution in [0.3, 0.4) is 0 Å². The summed E-state index contributed by atoms with van der Waals surface area (Å²) >= 11 is 5.22. The number of nitrogens with one attached hydrogen (secondary N) is 1. The second kappa shape index (κ2) is 8.84. The standard InChI is InChI=1S/C13H20BrNOS/c1-17-9-4-2-3-8-15-10-11-6-5-7-12(14)13(11)16/h5-7,15-16H,2-4,8-10H2,1H3. The molecule has 0 fully saturated rings. The number of hydrogen-bond acceptors (Lipinski definition) is 3. The Morgan fingerprint density at radius 1 is 1.29 bits per heavy atom. The lowest BCUT2D eigenvalue weighted by molar-refractivity contribution is 0.460. The van der Waals surface area contributed by atoms with E-state index in [-0.39, 0.29) is 0 Å². The van der Waals surface area contributed by atoms with Crippen molar-refractivity contribution >= 4 is 27.7 Å². The quantitative estimate of drug-likeness (QED) is 0.716. The smallest absolute Gasteiger partial charge is 0.134 e. The molecule has 1 aromatic carbocycles. The van der Waals surface area contributed by atoms with E-state index in [1.807, 2.05) is 30.0 Å². The molecule has 0 aliphatic rings. The van der Waals surface area contributed by atoms with Gasteiger partial charge in [-0.1, -0.05) is 18.6 Å². The van der Waals surface area contributed by atoms with Gasteiger partial charge in [-0.2, -0.15) is 11.8 Å². The fourth-order valence-corrected chi connectivity index (χ4v) is 2.50. The van der Waals surface area contributed by atoms with Crippen molar-refractivity contribution in [1.29, 1.82) is 0 Å². The summed E-state index contributed by atoms with van der Waals surface area (Å²) in [4.78, 5) is 0. The van der Waals surface area contributed by atoms with Crippen LogP contribution in [0.15, 0.2) is 22.7 Å². The fraction of sp³-hybridized carbons (Fsp3) is 0.538. The van der Waals surface area contributed by atoms with E-state index in [4.69, 9.17) is 0 Å². The highest BCUT2D eigenvalue weighted by atomic mass is 79.9. The number of phenols is 1. The van der Waals surface area contributed by atoms with Crippen LogP contribution in [0.25, 0.3) is 0 Å². The number of halogens is 1. The molecule has 1 rings (SSSR count). The van der Waals surface area contributed by atoms with Gasteiger partial charge in [0.2, 0.25) is 0 Å². The van der Waals surface area contributed by atoms with Crippen molar-refractivity contribution in [2.24, 2.45) is 0 Å². The third-order valence-electron chi connectivity index (χ3n) is 2.59. The lowest BCUT2D eigenvalue weighted by atomic mass is 10.2. The van der Waals surface area contributed by atoms with Gasteiger partial charge in [0.05, 0.1) is 4.47 Å². The molecule has 1 aromatic rings. The van der Waals surface area contributed by atoms with Gasteiger partial charge >= 0.3 is 0 Å². The maximum atomic E-state index is 9.78. The van der Waals surface area contributed by atoms with Crippen LogP contribution >= 0.6 is 27.7 Å². The molecule has 0 aliphatic carbocycles. The van der Waals surface area contributed by atoms with Gasteiger partial charge in [0.25, 0.3) is 0 Å². The van der Waals surface area contributed by atoms with E-state index in [0.29, 0.717) is 5.75 Å². The maximum Gasteiger partial charge on any atom is 0.134 e. The van der Waals surface area contributed by atoms with Gasteiger partial charge in [0, 0.05) is 12.1 Å². The van der Waals surface area contributed by atoms with Crippen molar-refractivity contribution in [2.45, 2.75) is 25.8 Å². The van der Waals surface area contributed by atoms with Crippen molar-refractivity contribution in [3.63, 3.8) is 0 Å². The van der Waals surface area contributed by atoms with Crippen molar-refractivity contribution in [3.8, 4) is 5.75 Å². The first-order valence-corrected chi connectivity index (χ1v) is 8.10. The number of phenolic OH excluding ortho intramolecular Hbond substituents is 1. The van der Waals surface area contributed by atoms with E-state index >= 15 is 0 Å². The zero-order chi connectivity index (χ0) is 12.5. The molecule has 0 saturated carbocycles. The molecule has 0 aliphatic heterocycles. The molecule has 2 N–H and O–H groups in total. The van der Waals surface area contributed by atoms with Crippen molar-refractivity contribution in [3.05, 3.63) is 28.2 Å². The number of rotatable bonds is 8. The molecule has 96 valence electrons. The second-order valence-electron chi connectivity index (χ2n) is 3.98. The third kappa shape index (κ3) is 5.80. The lowest BCUT2D eigenvalue weighted by Gasteiger charge is -2.07. The van der Waals surface area contributed by atoms with Crippen LogP contribution in [0.2, 0.25) is 0 Å². The summed E-state index contributed by atoms with van der Waals surface area (Å²) in [5.74, 6) is 1.61. The fourth-order valence-electron chi connectivity index (χ4n) is 1.60. The first-order valence-electron chi connectivity index (χ1n) is 5.91. The van der Waals surface area contributed by atoms with Crippen LogP contribution in [-0.2, 0) is 6.54 Å². The van der Waals surface area contributed by atoms with Crippen LogP contribution in [0.5, 0.6) is 5.75 Å². The zero-order valence-electron chi connectivity index (χ0n) is 10.2. The Bertz CT molecular complexity index is 333. The largest absolute Gasteiger partial charge is 0.506 e. The Morgan fingerprint density at radius 2 is 2.12 bits per heavy atom. The molecule has 0 unspecified atom stereocenters. The summed E-state index contributed by atoms with van der Waals surface area (Å²) in [7, 11) is 0. The van der Waals surface area contributed by atoms with E-state index in [2.05, 4.69) is 27.5 Å². The van der Waals surface area contributed by atoms with Crippen molar-refractivity contribution in [2.75, 3.05) is 18.6 Å². The summed E-state index contributed by atoms with van der Waals surface area (Å²) < 4.78 is 0.761. The summed E-state index contributed by atoms with van der Waals surface area (Å²) in [6.45, 7) is 1.74. The topological polar surface area (TPSA) is 32.3 Å². The Hall–Kier alpha value is -0.190. The normalized spacial score (nSPS) is 10.7. The van der Waals surface area contributed by atoms with Gasteiger partial charge in [0.15, 0.2) is 0 Å². The maximum absolute atomic E-state index is 9.78. The number of thioether (sulfide) groups is 1. The predicted molar refractivity (Wildman–Crippen MR) is 79.7 cm³/mol. The monoisotopic (exact) mass is 317 g/mol. The van der Waals surface area contributed by atoms with Crippen molar-refractivity contribution in [1.82, 2.24) is 5.32 Å². The van der Waals surface area contributed by atoms with E-state index in [1.165, 1.54) is 25.0 Å². The Morgan fingerprint density at radius 3 is 2.88 bits per heavy atom. The first kappa shape index (κ1) is 14.9. The molecule has 0 radical (unpaired) electrons. The summed E-state index contributed by atoms with van der Waals surface area (Å²) in [5.41, 5.74) is 0.948. The van der Waals surface area contributed by atoms with Gasteiger partial charge in [-0.15, -0.1) is 0 Å². The van der Waals surface area contributed by atoms with Gasteiger partial charge in [0.1, 0.15) is 5.75 Å². The molecule has 0 heterocycles. The lowest BCUT2D eigenvalue weighted by Crippen LogP contribution is -2.14. The highest BCUT2D eigenvalue weighted by Gasteiger charge is 2.03. The van der Waals surface area contributed by atoms with Crippen LogP contribution in [0.1, 0.15) is 24.8 Å². The van der Waals surface area contributed by atoms with Gasteiger partial charge < -0.3 is 10.4 Å². The van der Waals surface area contributed by atoms with Crippen LogP contribution in [0.4, 0.5) is 0 Å². The molecular formula is C13H20BrNOS. The van der Waals surface area contributed by atoms with Crippen molar-refractivity contribution < 1.29 is 5.11 Å². The zero-order valence-corrected chi connectivity index (χ0v) is 12.6. The number of para-hydroxylation sites is 1. The molecule has 0 spiro atoms. The summed E-state index contributed by atoms with van der Waals surface area (Å²) in [6, 6.07) is 5.74. The van der Waals surface area contributed by atoms with Gasteiger partial charge in [-0.25, -0.2) is 0 Å². The molecule has 2 nitrogen and oxygen atoms in total. The molecule has 0 bridgehead atoms. The molecule has 0 atom stereocenters. The van der Waals surface area contributed by atoms with E-state index in [1.54, 1.807) is 0 Å². The summed E-state index contributed by atoms with van der Waals surface area (Å²) in [6.07, 6.45) is 5.92. The average molecular weight is 318 g/mol. The van der Waals surface area contributed by atoms with Crippen LogP contribution < -0.4 is 5.32 Å². The Labute approximate surface area is 116 Å². The number of benzene rings is 1. The molecule has 17 heavy (non-hydrogen) atoms. The highest BCUT2D eigenvalue weighted by molar-refractivity contribution is 9.10. The van der Waals surface area contributed by atoms with Crippen LogP contribution in [0, 0.1) is 0 Å². The molecule has 0 saturated heterocycles. The minimum atomic E-state index is 0.349. The first-order chi connectivity index (χ1) is 8.25.